The highest BCUT2D eigenvalue weighted by atomic mass is 35.5. The van der Waals surface area contributed by atoms with Gasteiger partial charge in [0.25, 0.3) is 11.8 Å². The first-order valence-corrected chi connectivity index (χ1v) is 11.8. The van der Waals surface area contributed by atoms with Gasteiger partial charge >= 0.3 is 6.03 Å². The first-order valence-electron chi connectivity index (χ1n) is 11.4. The molecule has 0 unspecified atom stereocenters. The van der Waals surface area contributed by atoms with Crippen LogP contribution >= 0.6 is 11.6 Å². The number of amides is 4. The maximum absolute atomic E-state index is 13.1. The molecular formula is C26H27ClN2O5. The third-order valence-electron chi connectivity index (χ3n) is 5.97. The summed E-state index contributed by atoms with van der Waals surface area (Å²) in [4.78, 5) is 39.1. The zero-order chi connectivity index (χ0) is 24.2. The van der Waals surface area contributed by atoms with E-state index in [1.165, 1.54) is 11.0 Å². The first kappa shape index (κ1) is 23.8. The van der Waals surface area contributed by atoms with Crippen LogP contribution < -0.4 is 14.8 Å². The van der Waals surface area contributed by atoms with Crippen LogP contribution in [0.5, 0.6) is 11.5 Å². The summed E-state index contributed by atoms with van der Waals surface area (Å²) in [6.07, 6.45) is 4.82. The summed E-state index contributed by atoms with van der Waals surface area (Å²) < 4.78 is 11.7. The number of halogens is 1. The Morgan fingerprint density at radius 1 is 1.09 bits per heavy atom. The fraction of sp³-hybridized carbons (Fsp3) is 0.346. The predicted octanol–water partition coefficient (Wildman–Crippen LogP) is 5.03. The molecule has 1 heterocycles. The van der Waals surface area contributed by atoms with Gasteiger partial charge < -0.3 is 9.47 Å². The highest BCUT2D eigenvalue weighted by Gasteiger charge is 2.40. The number of nitrogens with zero attached hydrogens (tertiary/aromatic N) is 1. The number of rotatable bonds is 7. The fourth-order valence-electron chi connectivity index (χ4n) is 4.25. The lowest BCUT2D eigenvalue weighted by molar-refractivity contribution is -0.131. The van der Waals surface area contributed by atoms with Gasteiger partial charge in [0.05, 0.1) is 11.6 Å². The molecule has 0 aromatic heterocycles. The van der Waals surface area contributed by atoms with Crippen molar-refractivity contribution in [3.05, 3.63) is 63.7 Å². The van der Waals surface area contributed by atoms with Crippen LogP contribution in [0.4, 0.5) is 4.79 Å². The van der Waals surface area contributed by atoms with Gasteiger partial charge in [-0.05, 0) is 56.0 Å². The second kappa shape index (κ2) is 10.3. The highest BCUT2D eigenvalue weighted by molar-refractivity contribution is 6.33. The number of nitrogens with one attached hydrogen (secondary N) is 1. The van der Waals surface area contributed by atoms with Crippen LogP contribution in [0.2, 0.25) is 5.02 Å². The van der Waals surface area contributed by atoms with Crippen LogP contribution in [0.1, 0.15) is 49.3 Å². The maximum Gasteiger partial charge on any atom is 0.331 e. The van der Waals surface area contributed by atoms with Gasteiger partial charge in [-0.15, -0.1) is 0 Å². The van der Waals surface area contributed by atoms with E-state index in [1.54, 1.807) is 12.1 Å². The van der Waals surface area contributed by atoms with Gasteiger partial charge in [-0.2, -0.15) is 0 Å². The van der Waals surface area contributed by atoms with Gasteiger partial charge in [-0.25, -0.2) is 4.79 Å². The van der Waals surface area contributed by atoms with E-state index < -0.39 is 17.8 Å². The normalized spacial score (nSPS) is 17.9. The molecule has 178 valence electrons. The molecule has 1 saturated carbocycles. The van der Waals surface area contributed by atoms with Crippen molar-refractivity contribution in [2.45, 2.75) is 52.2 Å². The average Bonchev–Trinajstić information content (AvgIpc) is 3.32. The van der Waals surface area contributed by atoms with Gasteiger partial charge in [0.2, 0.25) is 0 Å². The number of barbiturate groups is 1. The molecule has 1 aliphatic heterocycles. The van der Waals surface area contributed by atoms with Crippen molar-refractivity contribution in [2.24, 2.45) is 0 Å². The molecule has 8 heteroatoms. The monoisotopic (exact) mass is 482 g/mol. The van der Waals surface area contributed by atoms with Gasteiger partial charge in [-0.3, -0.25) is 19.8 Å². The Morgan fingerprint density at radius 2 is 1.79 bits per heavy atom. The molecule has 0 spiro atoms. The summed E-state index contributed by atoms with van der Waals surface area (Å²) >= 11 is 6.52. The number of imide groups is 2. The van der Waals surface area contributed by atoms with Crippen LogP contribution in [0.25, 0.3) is 6.08 Å². The van der Waals surface area contributed by atoms with Crippen molar-refractivity contribution >= 4 is 35.5 Å². The van der Waals surface area contributed by atoms with Crippen LogP contribution in [-0.4, -0.2) is 35.4 Å². The average molecular weight is 483 g/mol. The van der Waals surface area contributed by atoms with Gasteiger partial charge in [0.1, 0.15) is 12.2 Å². The zero-order valence-electron chi connectivity index (χ0n) is 19.2. The summed E-state index contributed by atoms with van der Waals surface area (Å²) in [5, 5.41) is 2.57. The molecule has 0 bridgehead atoms. The van der Waals surface area contributed by atoms with Crippen molar-refractivity contribution in [1.82, 2.24) is 10.2 Å². The van der Waals surface area contributed by atoms with E-state index in [0.29, 0.717) is 30.3 Å². The lowest BCUT2D eigenvalue weighted by Crippen LogP contribution is -2.57. The Hall–Kier alpha value is -3.32. The quantitative estimate of drug-likeness (QED) is 0.442. The Labute approximate surface area is 203 Å². The van der Waals surface area contributed by atoms with E-state index in [-0.39, 0.29) is 16.6 Å². The largest absolute Gasteiger partial charge is 0.490 e. The third kappa shape index (κ3) is 5.09. The van der Waals surface area contributed by atoms with E-state index >= 15 is 0 Å². The molecule has 2 aromatic carbocycles. The highest BCUT2D eigenvalue weighted by Crippen LogP contribution is 2.38. The Bertz CT molecular complexity index is 1140. The van der Waals surface area contributed by atoms with Gasteiger partial charge in [-0.1, -0.05) is 54.3 Å². The minimum absolute atomic E-state index is 0.113. The molecule has 4 amide bonds. The number of benzene rings is 2. The number of carbonyl (C=O) groups excluding carboxylic acids is 3. The fourth-order valence-corrected chi connectivity index (χ4v) is 4.52. The molecule has 1 N–H and O–H groups in total. The number of urea groups is 1. The molecule has 4 rings (SSSR count). The summed E-state index contributed by atoms with van der Waals surface area (Å²) in [5.74, 6) is -0.526. The third-order valence-corrected chi connectivity index (χ3v) is 6.25. The van der Waals surface area contributed by atoms with E-state index in [1.807, 2.05) is 38.1 Å². The van der Waals surface area contributed by atoms with E-state index in [4.69, 9.17) is 21.1 Å². The van der Waals surface area contributed by atoms with E-state index in [9.17, 15) is 14.4 Å². The van der Waals surface area contributed by atoms with Crippen molar-refractivity contribution in [3.8, 4) is 11.5 Å². The molecule has 0 radical (unpaired) electrons. The SMILES string of the molecule is CCOc1cc(/C=C2\C(=O)NC(=O)N(C3CCCC3)C2=O)cc(Cl)c1OCc1ccc(C)cc1. The maximum atomic E-state index is 13.1. The van der Waals surface area contributed by atoms with E-state index in [0.717, 1.165) is 36.8 Å². The van der Waals surface area contributed by atoms with Crippen molar-refractivity contribution in [1.29, 1.82) is 0 Å². The molecule has 1 aliphatic carbocycles. The number of hydrogen-bond donors (Lipinski definition) is 1. The van der Waals surface area contributed by atoms with Crippen molar-refractivity contribution in [2.75, 3.05) is 6.61 Å². The summed E-state index contributed by atoms with van der Waals surface area (Å²) in [6.45, 7) is 4.54. The van der Waals surface area contributed by atoms with Crippen LogP contribution in [0.15, 0.2) is 42.0 Å². The number of ether oxygens (including phenoxy) is 2. The van der Waals surface area contributed by atoms with Crippen LogP contribution in [0.3, 0.4) is 0 Å². The number of hydrogen-bond acceptors (Lipinski definition) is 5. The minimum Gasteiger partial charge on any atom is -0.490 e. The zero-order valence-corrected chi connectivity index (χ0v) is 20.0. The summed E-state index contributed by atoms with van der Waals surface area (Å²) in [5.41, 5.74) is 2.52. The lowest BCUT2D eigenvalue weighted by atomic mass is 10.0. The molecule has 2 aliphatic rings. The van der Waals surface area contributed by atoms with Crippen molar-refractivity contribution in [3.63, 3.8) is 0 Å². The van der Waals surface area contributed by atoms with Crippen LogP contribution in [0, 0.1) is 6.92 Å². The number of aryl methyl sites for hydroxylation is 1. The second-order valence-electron chi connectivity index (χ2n) is 8.47. The minimum atomic E-state index is -0.724. The molecule has 7 nitrogen and oxygen atoms in total. The molecule has 34 heavy (non-hydrogen) atoms. The molecular weight excluding hydrogens is 456 g/mol. The second-order valence-corrected chi connectivity index (χ2v) is 8.88. The van der Waals surface area contributed by atoms with E-state index in [2.05, 4.69) is 5.32 Å². The molecule has 2 aromatic rings. The number of carbonyl (C=O) groups is 3. The molecule has 0 atom stereocenters. The smallest absolute Gasteiger partial charge is 0.331 e. The molecule has 2 fully saturated rings. The molecule has 1 saturated heterocycles. The standard InChI is InChI=1S/C26H27ClN2O5/c1-3-33-22-14-18(13-21(27)23(22)34-15-17-10-8-16(2)9-11-17)12-20-24(30)28-26(32)29(25(20)31)19-6-4-5-7-19/h8-14,19H,3-7,15H2,1-2H3,(H,28,30,32)/b20-12+. The van der Waals surface area contributed by atoms with Gasteiger partial charge in [0, 0.05) is 6.04 Å². The summed E-state index contributed by atoms with van der Waals surface area (Å²) in [7, 11) is 0. The summed E-state index contributed by atoms with van der Waals surface area (Å²) in [6, 6.07) is 10.4. The Balaban J connectivity index is 1.61. The topological polar surface area (TPSA) is 84.9 Å². The predicted molar refractivity (Wildman–Crippen MR) is 129 cm³/mol. The van der Waals surface area contributed by atoms with Crippen LogP contribution in [-0.2, 0) is 16.2 Å². The first-order chi connectivity index (χ1) is 16.4. The van der Waals surface area contributed by atoms with Gasteiger partial charge in [0.15, 0.2) is 11.5 Å². The lowest BCUT2D eigenvalue weighted by Gasteiger charge is -2.31. The Morgan fingerprint density at radius 3 is 2.47 bits per heavy atom. The van der Waals surface area contributed by atoms with Crippen molar-refractivity contribution < 1.29 is 23.9 Å². The Kier molecular flexibility index (Phi) is 7.22.